The van der Waals surface area contributed by atoms with Gasteiger partial charge in [-0.05, 0) is 55.5 Å². The number of rotatable bonds is 6. The second-order valence-corrected chi connectivity index (χ2v) is 10.4. The zero-order valence-corrected chi connectivity index (χ0v) is 19.5. The van der Waals surface area contributed by atoms with Crippen LogP contribution in [0.3, 0.4) is 0 Å². The summed E-state index contributed by atoms with van der Waals surface area (Å²) in [6.07, 6.45) is 2.21. The molecular formula is C24H33N3O3S. The molecule has 0 spiro atoms. The predicted octanol–water partition coefficient (Wildman–Crippen LogP) is 3.04. The van der Waals surface area contributed by atoms with Crippen LogP contribution in [0.4, 0.5) is 5.69 Å². The molecule has 2 aromatic carbocycles. The summed E-state index contributed by atoms with van der Waals surface area (Å²) in [4.78, 5) is 4.99. The minimum absolute atomic E-state index is 0.0260. The molecular weight excluding hydrogens is 410 g/mol. The zero-order valence-electron chi connectivity index (χ0n) is 18.7. The molecule has 0 saturated carbocycles. The monoisotopic (exact) mass is 443 g/mol. The smallest absolute Gasteiger partial charge is 0.240 e. The SMILES string of the molecule is Cc1ccc(S(=O)(=O)NCC(c2ccc3c(c2)CCCN3C)N2CCOCC2)c(C)c1. The van der Waals surface area contributed by atoms with E-state index >= 15 is 0 Å². The summed E-state index contributed by atoms with van der Waals surface area (Å²) in [6.45, 7) is 8.18. The summed E-state index contributed by atoms with van der Waals surface area (Å²) in [5.74, 6) is 0. The summed E-state index contributed by atoms with van der Waals surface area (Å²) in [7, 11) is -1.46. The molecule has 1 atom stereocenters. The van der Waals surface area contributed by atoms with Gasteiger partial charge in [-0.15, -0.1) is 0 Å². The molecule has 6 nitrogen and oxygen atoms in total. The van der Waals surface area contributed by atoms with Crippen molar-refractivity contribution in [1.82, 2.24) is 9.62 Å². The molecule has 0 aromatic heterocycles. The molecule has 1 unspecified atom stereocenters. The van der Waals surface area contributed by atoms with Gasteiger partial charge in [-0.25, -0.2) is 13.1 Å². The van der Waals surface area contributed by atoms with Gasteiger partial charge in [0.15, 0.2) is 0 Å². The number of hydrogen-bond acceptors (Lipinski definition) is 5. The molecule has 2 aliphatic rings. The molecule has 0 amide bonds. The first-order chi connectivity index (χ1) is 14.8. The summed E-state index contributed by atoms with van der Waals surface area (Å²) >= 11 is 0. The van der Waals surface area contributed by atoms with E-state index in [9.17, 15) is 8.42 Å². The molecule has 1 fully saturated rings. The Morgan fingerprint density at radius 3 is 2.58 bits per heavy atom. The van der Waals surface area contributed by atoms with E-state index in [4.69, 9.17) is 4.74 Å². The highest BCUT2D eigenvalue weighted by Gasteiger charge is 2.27. The van der Waals surface area contributed by atoms with E-state index in [1.165, 1.54) is 16.8 Å². The lowest BCUT2D eigenvalue weighted by atomic mass is 9.96. The van der Waals surface area contributed by atoms with Crippen molar-refractivity contribution in [2.45, 2.75) is 37.6 Å². The Kier molecular flexibility index (Phi) is 6.67. The van der Waals surface area contributed by atoms with Crippen molar-refractivity contribution in [1.29, 1.82) is 0 Å². The number of hydrogen-bond donors (Lipinski definition) is 1. The second-order valence-electron chi connectivity index (χ2n) is 8.70. The molecule has 1 saturated heterocycles. The van der Waals surface area contributed by atoms with E-state index in [2.05, 4.69) is 39.8 Å². The fraction of sp³-hybridized carbons (Fsp3) is 0.500. The molecule has 0 bridgehead atoms. The van der Waals surface area contributed by atoms with E-state index in [1.807, 2.05) is 26.0 Å². The van der Waals surface area contributed by atoms with Crippen molar-refractivity contribution >= 4 is 15.7 Å². The number of morpholine rings is 1. The van der Waals surface area contributed by atoms with Gasteiger partial charge in [0.2, 0.25) is 10.0 Å². The van der Waals surface area contributed by atoms with Crippen LogP contribution in [0.5, 0.6) is 0 Å². The van der Waals surface area contributed by atoms with Crippen LogP contribution >= 0.6 is 0 Å². The Balaban J connectivity index is 1.60. The van der Waals surface area contributed by atoms with E-state index in [-0.39, 0.29) is 6.04 Å². The van der Waals surface area contributed by atoms with E-state index < -0.39 is 10.0 Å². The van der Waals surface area contributed by atoms with Gasteiger partial charge in [-0.2, -0.15) is 0 Å². The topological polar surface area (TPSA) is 61.9 Å². The minimum Gasteiger partial charge on any atom is -0.379 e. The first-order valence-electron chi connectivity index (χ1n) is 11.1. The van der Waals surface area contributed by atoms with Gasteiger partial charge < -0.3 is 9.64 Å². The second kappa shape index (κ2) is 9.28. The lowest BCUT2D eigenvalue weighted by Crippen LogP contribution is -2.44. The fourth-order valence-corrected chi connectivity index (χ4v) is 5.99. The Labute approximate surface area is 186 Å². The van der Waals surface area contributed by atoms with Gasteiger partial charge >= 0.3 is 0 Å². The van der Waals surface area contributed by atoms with E-state index in [0.29, 0.717) is 24.7 Å². The third kappa shape index (κ3) is 4.95. The van der Waals surface area contributed by atoms with Crippen LogP contribution in [-0.4, -0.2) is 59.8 Å². The molecule has 0 radical (unpaired) electrons. The third-order valence-corrected chi connectivity index (χ3v) is 8.00. The normalized spacial score (nSPS) is 18.6. The molecule has 2 aliphatic heterocycles. The predicted molar refractivity (Wildman–Crippen MR) is 124 cm³/mol. The fourth-order valence-electron chi connectivity index (χ4n) is 4.73. The van der Waals surface area contributed by atoms with Crippen LogP contribution in [0.25, 0.3) is 0 Å². The van der Waals surface area contributed by atoms with Crippen LogP contribution < -0.4 is 9.62 Å². The van der Waals surface area contributed by atoms with E-state index in [0.717, 1.165) is 43.6 Å². The van der Waals surface area contributed by atoms with Gasteiger partial charge in [-0.1, -0.05) is 29.8 Å². The Hall–Kier alpha value is -1.93. The minimum atomic E-state index is -3.59. The van der Waals surface area contributed by atoms with Gasteiger partial charge in [-0.3, -0.25) is 4.90 Å². The Bertz CT molecular complexity index is 1030. The van der Waals surface area contributed by atoms with Gasteiger partial charge in [0.25, 0.3) is 0 Å². The van der Waals surface area contributed by atoms with Crippen LogP contribution in [0.1, 0.15) is 34.7 Å². The standard InChI is InChI=1S/C24H33N3O3S/c1-18-6-9-24(19(2)15-18)31(28,29)25-17-23(27-11-13-30-14-12-27)21-7-8-22-20(16-21)5-4-10-26(22)3/h6-9,15-16,23,25H,4-5,10-14,17H2,1-3H3. The number of aryl methyl sites for hydroxylation is 3. The molecule has 31 heavy (non-hydrogen) atoms. The maximum atomic E-state index is 13.1. The maximum absolute atomic E-state index is 13.1. The molecule has 2 heterocycles. The Morgan fingerprint density at radius 1 is 1.06 bits per heavy atom. The zero-order chi connectivity index (χ0) is 22.0. The number of sulfonamides is 1. The molecule has 0 aliphatic carbocycles. The van der Waals surface area contributed by atoms with Crippen molar-refractivity contribution in [3.63, 3.8) is 0 Å². The quantitative estimate of drug-likeness (QED) is 0.744. The van der Waals surface area contributed by atoms with Crippen LogP contribution in [0.2, 0.25) is 0 Å². The number of anilines is 1. The van der Waals surface area contributed by atoms with Gasteiger partial charge in [0.1, 0.15) is 0 Å². The summed E-state index contributed by atoms with van der Waals surface area (Å²) in [6, 6.07) is 12.1. The molecule has 2 aromatic rings. The number of fused-ring (bicyclic) bond motifs is 1. The van der Waals surface area contributed by atoms with Crippen molar-refractivity contribution in [2.24, 2.45) is 0 Å². The summed E-state index contributed by atoms with van der Waals surface area (Å²) in [5, 5.41) is 0. The Morgan fingerprint density at radius 2 is 1.84 bits per heavy atom. The lowest BCUT2D eigenvalue weighted by molar-refractivity contribution is 0.0172. The number of ether oxygens (including phenoxy) is 1. The van der Waals surface area contributed by atoms with Crippen LogP contribution in [-0.2, 0) is 21.2 Å². The average molecular weight is 444 g/mol. The largest absolute Gasteiger partial charge is 0.379 e. The highest BCUT2D eigenvalue weighted by atomic mass is 32.2. The van der Waals surface area contributed by atoms with Crippen LogP contribution in [0.15, 0.2) is 41.3 Å². The van der Waals surface area contributed by atoms with Crippen molar-refractivity contribution in [2.75, 3.05) is 51.3 Å². The maximum Gasteiger partial charge on any atom is 0.240 e. The highest BCUT2D eigenvalue weighted by molar-refractivity contribution is 7.89. The van der Waals surface area contributed by atoms with Crippen molar-refractivity contribution < 1.29 is 13.2 Å². The molecule has 168 valence electrons. The third-order valence-electron chi connectivity index (χ3n) is 6.41. The highest BCUT2D eigenvalue weighted by Crippen LogP contribution is 2.31. The first-order valence-corrected chi connectivity index (χ1v) is 12.6. The molecule has 7 heteroatoms. The lowest BCUT2D eigenvalue weighted by Gasteiger charge is -2.36. The van der Waals surface area contributed by atoms with Gasteiger partial charge in [0.05, 0.1) is 18.1 Å². The molecule has 1 N–H and O–H groups in total. The summed E-state index contributed by atoms with van der Waals surface area (Å²) in [5.41, 5.74) is 5.63. The average Bonchev–Trinajstić information content (AvgIpc) is 2.74. The first kappa shape index (κ1) is 22.3. The number of benzene rings is 2. The van der Waals surface area contributed by atoms with Crippen LogP contribution in [0, 0.1) is 13.8 Å². The summed E-state index contributed by atoms with van der Waals surface area (Å²) < 4.78 is 34.6. The van der Waals surface area contributed by atoms with Crippen molar-refractivity contribution in [3.8, 4) is 0 Å². The molecule has 4 rings (SSSR count). The number of nitrogens with one attached hydrogen (secondary N) is 1. The van der Waals surface area contributed by atoms with Gasteiger partial charge in [0, 0.05) is 45.0 Å². The number of nitrogens with zero attached hydrogens (tertiary/aromatic N) is 2. The van der Waals surface area contributed by atoms with E-state index in [1.54, 1.807) is 6.07 Å². The van der Waals surface area contributed by atoms with Crippen molar-refractivity contribution in [3.05, 3.63) is 58.7 Å².